The van der Waals surface area contributed by atoms with E-state index < -0.39 is 0 Å². The molecule has 0 bridgehead atoms. The van der Waals surface area contributed by atoms with Crippen LogP contribution in [0.3, 0.4) is 0 Å². The van der Waals surface area contributed by atoms with Gasteiger partial charge in [-0.2, -0.15) is 0 Å². The number of rotatable bonds is 3. The second kappa shape index (κ2) is 3.61. The van der Waals surface area contributed by atoms with Crippen LogP contribution < -0.4 is 0 Å². The smallest absolute Gasteiger partial charge is 0.0151 e. The maximum absolute atomic E-state index is 10.3. The molecule has 8 heavy (non-hydrogen) atoms. The summed E-state index contributed by atoms with van der Waals surface area (Å²) >= 11 is 4.38. The van der Waals surface area contributed by atoms with Gasteiger partial charge in [0.2, 0.25) is 0 Å². The van der Waals surface area contributed by atoms with Gasteiger partial charge in [-0.1, -0.05) is 13.0 Å². The molecule has 0 rings (SSSR count). The Morgan fingerprint density at radius 3 is 2.62 bits per heavy atom. The second-order valence-electron chi connectivity index (χ2n) is 1.74. The number of allylic oxidation sites excluding steroid dienone is 1. The molecule has 2 heteroatoms. The summed E-state index contributed by atoms with van der Waals surface area (Å²) in [6.45, 7) is 5.29. The molecular weight excluding hydrogens is 120 g/mol. The Kier molecular flexibility index (Phi) is 3.44. The highest BCUT2D eigenvalue weighted by molar-refractivity contribution is 7.77. The summed E-state index contributed by atoms with van der Waals surface area (Å²) in [6.07, 6.45) is 2.40. The summed E-state index contributed by atoms with van der Waals surface area (Å²) in [4.78, 5) is 10.3. The Morgan fingerprint density at radius 2 is 2.50 bits per heavy atom. The second-order valence-corrected chi connectivity index (χ2v) is 2.15. The van der Waals surface area contributed by atoms with E-state index in [2.05, 4.69) is 19.2 Å². The van der Waals surface area contributed by atoms with Crippen LogP contribution in [0.25, 0.3) is 0 Å². The molecule has 0 aliphatic rings. The first-order valence-corrected chi connectivity index (χ1v) is 2.91. The van der Waals surface area contributed by atoms with E-state index in [9.17, 15) is 4.79 Å². The minimum absolute atomic E-state index is 0.0255. The molecule has 0 heterocycles. The molecule has 0 aromatic carbocycles. The molecule has 0 aromatic heterocycles. The zero-order valence-electron chi connectivity index (χ0n) is 4.89. The van der Waals surface area contributed by atoms with Crippen molar-refractivity contribution in [1.29, 1.82) is 0 Å². The molecule has 0 aliphatic heterocycles. The molecule has 0 spiro atoms. The summed E-state index contributed by atoms with van der Waals surface area (Å²) in [6, 6.07) is 0. The summed E-state index contributed by atoms with van der Waals surface area (Å²) < 4.78 is 0. The van der Waals surface area contributed by atoms with Gasteiger partial charge in [0, 0.05) is 5.12 Å². The minimum Gasteiger partial charge on any atom is -0.742 e. The topological polar surface area (TPSA) is 17.1 Å². The van der Waals surface area contributed by atoms with Crippen molar-refractivity contribution in [1.82, 2.24) is 0 Å². The third-order valence-electron chi connectivity index (χ3n) is 0.923. The van der Waals surface area contributed by atoms with Crippen LogP contribution in [-0.4, -0.2) is 5.12 Å². The zero-order chi connectivity index (χ0) is 6.57. The van der Waals surface area contributed by atoms with E-state index in [4.69, 9.17) is 0 Å². The largest absolute Gasteiger partial charge is 0.742 e. The number of carbonyl (C=O) groups excluding carboxylic acids is 1. The molecule has 1 unspecified atom stereocenters. The van der Waals surface area contributed by atoms with Crippen molar-refractivity contribution in [3.63, 3.8) is 0 Å². The van der Waals surface area contributed by atoms with Gasteiger partial charge in [-0.3, -0.25) is 0 Å². The number of hydrogen-bond donors (Lipinski definition) is 0. The lowest BCUT2D eigenvalue weighted by Gasteiger charge is -2.09. The lowest BCUT2D eigenvalue weighted by Crippen LogP contribution is -2.04. The standard InChI is InChI=1S/C6H10OS/c1-3-4-5(2)6(7)8/h3,5H,1,4H2,2H3,(H,7,8)/p-1. The highest BCUT2D eigenvalue weighted by Crippen LogP contribution is 2.01. The average Bonchev–Trinajstić information content (AvgIpc) is 1.67. The number of carbonyl (C=O) groups is 1. The molecule has 0 aliphatic carbocycles. The fourth-order valence-electron chi connectivity index (χ4n) is 0.346. The normalized spacial score (nSPS) is 12.6. The lowest BCUT2D eigenvalue weighted by molar-refractivity contribution is -0.113. The highest BCUT2D eigenvalue weighted by atomic mass is 32.1. The Morgan fingerprint density at radius 1 is 2.00 bits per heavy atom. The monoisotopic (exact) mass is 129 g/mol. The molecule has 0 aromatic rings. The Balaban J connectivity index is 3.46. The zero-order valence-corrected chi connectivity index (χ0v) is 5.70. The van der Waals surface area contributed by atoms with E-state index in [1.54, 1.807) is 13.0 Å². The van der Waals surface area contributed by atoms with Gasteiger partial charge >= 0.3 is 0 Å². The fraction of sp³-hybridized carbons (Fsp3) is 0.500. The Hall–Kier alpha value is -0.370. The molecule has 1 nitrogen and oxygen atoms in total. The summed E-state index contributed by atoms with van der Waals surface area (Å²) in [5.74, 6) is -0.0255. The minimum atomic E-state index is -0.176. The van der Waals surface area contributed by atoms with Crippen LogP contribution in [0.5, 0.6) is 0 Å². The van der Waals surface area contributed by atoms with Gasteiger partial charge in [-0.25, -0.2) is 0 Å². The van der Waals surface area contributed by atoms with Crippen LogP contribution >= 0.6 is 0 Å². The molecule has 0 saturated carbocycles. The maximum atomic E-state index is 10.3. The van der Waals surface area contributed by atoms with Crippen LogP contribution in [0, 0.1) is 5.92 Å². The SMILES string of the molecule is C=CCC(C)C(=O)[S-]. The van der Waals surface area contributed by atoms with Crippen molar-refractivity contribution in [3.05, 3.63) is 12.7 Å². The van der Waals surface area contributed by atoms with Gasteiger partial charge < -0.3 is 17.4 Å². The van der Waals surface area contributed by atoms with E-state index in [0.29, 0.717) is 6.42 Å². The van der Waals surface area contributed by atoms with Crippen LogP contribution in [0.15, 0.2) is 12.7 Å². The molecule has 0 N–H and O–H groups in total. The molecule has 0 radical (unpaired) electrons. The molecule has 0 amide bonds. The maximum Gasteiger partial charge on any atom is 0.0151 e. The molecule has 1 atom stereocenters. The highest BCUT2D eigenvalue weighted by Gasteiger charge is 1.95. The van der Waals surface area contributed by atoms with E-state index in [1.807, 2.05) is 0 Å². The molecular formula is C6H9OS-. The Labute approximate surface area is 55.2 Å². The van der Waals surface area contributed by atoms with Crippen LogP contribution in [0.4, 0.5) is 0 Å². The van der Waals surface area contributed by atoms with Crippen LogP contribution in [0.1, 0.15) is 13.3 Å². The summed E-state index contributed by atoms with van der Waals surface area (Å²) in [7, 11) is 0. The summed E-state index contributed by atoms with van der Waals surface area (Å²) in [5, 5.41) is -0.176. The lowest BCUT2D eigenvalue weighted by atomic mass is 10.1. The van der Waals surface area contributed by atoms with E-state index >= 15 is 0 Å². The van der Waals surface area contributed by atoms with Gasteiger partial charge in [0.25, 0.3) is 0 Å². The molecule has 0 saturated heterocycles. The fourth-order valence-corrected chi connectivity index (χ4v) is 0.442. The quantitative estimate of drug-likeness (QED) is 0.421. The number of hydrogen-bond acceptors (Lipinski definition) is 2. The van der Waals surface area contributed by atoms with Crippen molar-refractivity contribution in [2.45, 2.75) is 13.3 Å². The van der Waals surface area contributed by atoms with E-state index in [-0.39, 0.29) is 11.0 Å². The van der Waals surface area contributed by atoms with Gasteiger partial charge in [0.05, 0.1) is 0 Å². The summed E-state index contributed by atoms with van der Waals surface area (Å²) in [5.41, 5.74) is 0. The van der Waals surface area contributed by atoms with Gasteiger partial charge in [-0.05, 0) is 12.3 Å². The third kappa shape index (κ3) is 2.75. The first-order chi connectivity index (χ1) is 3.68. The predicted molar refractivity (Wildman–Crippen MR) is 36.4 cm³/mol. The molecule has 46 valence electrons. The predicted octanol–water partition coefficient (Wildman–Crippen LogP) is 1.27. The average molecular weight is 129 g/mol. The van der Waals surface area contributed by atoms with Crippen molar-refractivity contribution in [3.8, 4) is 0 Å². The molecule has 0 fully saturated rings. The van der Waals surface area contributed by atoms with Crippen molar-refractivity contribution in [2.24, 2.45) is 5.92 Å². The third-order valence-corrected chi connectivity index (χ3v) is 1.32. The first-order valence-electron chi connectivity index (χ1n) is 2.50. The Bertz CT molecular complexity index is 98.7. The van der Waals surface area contributed by atoms with Crippen LogP contribution in [0.2, 0.25) is 0 Å². The van der Waals surface area contributed by atoms with Gasteiger partial charge in [-0.15, -0.1) is 6.58 Å². The first kappa shape index (κ1) is 7.63. The van der Waals surface area contributed by atoms with E-state index in [1.165, 1.54) is 0 Å². The van der Waals surface area contributed by atoms with Crippen molar-refractivity contribution in [2.75, 3.05) is 0 Å². The van der Waals surface area contributed by atoms with Crippen molar-refractivity contribution >= 4 is 17.7 Å². The van der Waals surface area contributed by atoms with Crippen LogP contribution in [-0.2, 0) is 17.4 Å². The van der Waals surface area contributed by atoms with Gasteiger partial charge in [0.15, 0.2) is 0 Å². The van der Waals surface area contributed by atoms with Crippen molar-refractivity contribution < 1.29 is 4.79 Å². The van der Waals surface area contributed by atoms with Gasteiger partial charge in [0.1, 0.15) is 0 Å². The van der Waals surface area contributed by atoms with E-state index in [0.717, 1.165) is 0 Å².